The molecule has 0 saturated heterocycles. The van der Waals surface area contributed by atoms with E-state index in [-0.39, 0.29) is 6.61 Å². The number of imidazole rings is 1. The molecular weight excluding hydrogens is 274 g/mol. The van der Waals surface area contributed by atoms with Crippen molar-refractivity contribution >= 4 is 11.0 Å². The first-order valence-electron chi connectivity index (χ1n) is 7.90. The van der Waals surface area contributed by atoms with Crippen LogP contribution in [0.1, 0.15) is 37.3 Å². The Morgan fingerprint density at radius 3 is 2.73 bits per heavy atom. The summed E-state index contributed by atoms with van der Waals surface area (Å²) in [7, 11) is 0. The van der Waals surface area contributed by atoms with E-state index < -0.39 is 0 Å². The number of fused-ring (bicyclic) bond motifs is 1. The molecule has 1 fully saturated rings. The summed E-state index contributed by atoms with van der Waals surface area (Å²) in [4.78, 5) is 9.31. The smallest absolute Gasteiger partial charge is 0.160 e. The molecule has 0 bridgehead atoms. The van der Waals surface area contributed by atoms with Crippen LogP contribution in [0.2, 0.25) is 0 Å². The van der Waals surface area contributed by atoms with Gasteiger partial charge in [0.15, 0.2) is 5.82 Å². The number of nitrogens with zero attached hydrogens (tertiary/aromatic N) is 3. The molecule has 1 aliphatic carbocycles. The molecule has 0 aliphatic heterocycles. The largest absolute Gasteiger partial charge is 0.392 e. The SMILES string of the molecule is OCc1ccc2c(c1)nc(-c1ccccn1)n2C1CCCC1. The highest BCUT2D eigenvalue weighted by atomic mass is 16.3. The van der Waals surface area contributed by atoms with Crippen LogP contribution in [0.25, 0.3) is 22.6 Å². The Balaban J connectivity index is 1.95. The van der Waals surface area contributed by atoms with Crippen LogP contribution in [-0.2, 0) is 6.61 Å². The molecule has 22 heavy (non-hydrogen) atoms. The summed E-state index contributed by atoms with van der Waals surface area (Å²) in [5.41, 5.74) is 3.90. The van der Waals surface area contributed by atoms with Gasteiger partial charge in [-0.1, -0.05) is 25.0 Å². The molecule has 0 atom stereocenters. The Hall–Kier alpha value is -2.20. The summed E-state index contributed by atoms with van der Waals surface area (Å²) in [6.07, 6.45) is 6.77. The van der Waals surface area contributed by atoms with Crippen molar-refractivity contribution < 1.29 is 5.11 Å². The molecule has 3 aromatic rings. The summed E-state index contributed by atoms with van der Waals surface area (Å²) in [5, 5.41) is 9.35. The van der Waals surface area contributed by atoms with Gasteiger partial charge in [0.05, 0.1) is 17.6 Å². The third-order valence-corrected chi connectivity index (χ3v) is 4.52. The molecule has 1 saturated carbocycles. The maximum absolute atomic E-state index is 9.35. The van der Waals surface area contributed by atoms with Gasteiger partial charge in [-0.05, 0) is 42.7 Å². The molecule has 0 unspecified atom stereocenters. The third-order valence-electron chi connectivity index (χ3n) is 4.52. The molecule has 0 spiro atoms. The summed E-state index contributed by atoms with van der Waals surface area (Å²) in [5.74, 6) is 0.942. The molecule has 4 rings (SSSR count). The van der Waals surface area contributed by atoms with E-state index in [9.17, 15) is 5.11 Å². The summed E-state index contributed by atoms with van der Waals surface area (Å²) in [6, 6.07) is 12.5. The van der Waals surface area contributed by atoms with Crippen molar-refractivity contribution in [1.29, 1.82) is 0 Å². The summed E-state index contributed by atoms with van der Waals surface area (Å²) >= 11 is 0. The topological polar surface area (TPSA) is 50.9 Å². The fraction of sp³-hybridized carbons (Fsp3) is 0.333. The van der Waals surface area contributed by atoms with Crippen LogP contribution >= 0.6 is 0 Å². The van der Waals surface area contributed by atoms with Crippen LogP contribution in [0.5, 0.6) is 0 Å². The number of benzene rings is 1. The van der Waals surface area contributed by atoms with Gasteiger partial charge in [0.25, 0.3) is 0 Å². The first kappa shape index (κ1) is 13.5. The molecule has 1 N–H and O–H groups in total. The highest BCUT2D eigenvalue weighted by Gasteiger charge is 2.23. The van der Waals surface area contributed by atoms with Crippen molar-refractivity contribution in [2.24, 2.45) is 0 Å². The number of aromatic nitrogens is 3. The summed E-state index contributed by atoms with van der Waals surface area (Å²) < 4.78 is 2.35. The maximum atomic E-state index is 9.35. The van der Waals surface area contributed by atoms with Crippen molar-refractivity contribution in [2.75, 3.05) is 0 Å². The quantitative estimate of drug-likeness (QED) is 0.801. The Kier molecular flexibility index (Phi) is 3.39. The zero-order valence-electron chi connectivity index (χ0n) is 12.4. The van der Waals surface area contributed by atoms with Gasteiger partial charge in [0, 0.05) is 12.2 Å². The van der Waals surface area contributed by atoms with E-state index in [1.54, 1.807) is 0 Å². The van der Waals surface area contributed by atoms with Crippen molar-refractivity contribution in [3.05, 3.63) is 48.2 Å². The van der Waals surface area contributed by atoms with Crippen LogP contribution in [0, 0.1) is 0 Å². The summed E-state index contributed by atoms with van der Waals surface area (Å²) in [6.45, 7) is 0.0468. The molecule has 4 nitrogen and oxygen atoms in total. The van der Waals surface area contributed by atoms with Crippen molar-refractivity contribution in [2.45, 2.75) is 38.3 Å². The minimum atomic E-state index is 0.0468. The monoisotopic (exact) mass is 293 g/mol. The number of hydrogen-bond donors (Lipinski definition) is 1. The lowest BCUT2D eigenvalue weighted by molar-refractivity contribution is 0.282. The van der Waals surface area contributed by atoms with Gasteiger partial charge >= 0.3 is 0 Å². The van der Waals surface area contributed by atoms with Gasteiger partial charge in [0.1, 0.15) is 5.69 Å². The molecule has 1 aromatic carbocycles. The van der Waals surface area contributed by atoms with Crippen molar-refractivity contribution in [3.63, 3.8) is 0 Å². The standard InChI is InChI=1S/C18H19N3O/c22-12-13-8-9-17-16(11-13)20-18(15-7-3-4-10-19-15)21(17)14-5-1-2-6-14/h3-4,7-11,14,22H,1-2,5-6,12H2. The van der Waals surface area contributed by atoms with Gasteiger partial charge in [-0.25, -0.2) is 4.98 Å². The van der Waals surface area contributed by atoms with Crippen LogP contribution in [-0.4, -0.2) is 19.6 Å². The van der Waals surface area contributed by atoms with Crippen LogP contribution < -0.4 is 0 Å². The third kappa shape index (κ3) is 2.20. The molecule has 4 heteroatoms. The van der Waals surface area contributed by atoms with Gasteiger partial charge in [-0.15, -0.1) is 0 Å². The zero-order valence-corrected chi connectivity index (χ0v) is 12.4. The predicted molar refractivity (Wildman–Crippen MR) is 86.4 cm³/mol. The Bertz CT molecular complexity index is 789. The molecule has 0 amide bonds. The van der Waals surface area contributed by atoms with E-state index >= 15 is 0 Å². The van der Waals surface area contributed by atoms with E-state index in [0.717, 1.165) is 28.1 Å². The number of rotatable bonds is 3. The lowest BCUT2D eigenvalue weighted by Gasteiger charge is -2.16. The van der Waals surface area contributed by atoms with E-state index in [0.29, 0.717) is 6.04 Å². The molecule has 2 aromatic heterocycles. The predicted octanol–water partition coefficient (Wildman–Crippen LogP) is 3.71. The number of pyridine rings is 1. The van der Waals surface area contributed by atoms with Crippen LogP contribution in [0.3, 0.4) is 0 Å². The molecule has 1 aliphatic rings. The van der Waals surface area contributed by atoms with Gasteiger partial charge in [-0.2, -0.15) is 0 Å². The van der Waals surface area contributed by atoms with E-state index in [1.165, 1.54) is 25.7 Å². The number of aliphatic hydroxyl groups excluding tert-OH is 1. The minimum Gasteiger partial charge on any atom is -0.392 e. The fourth-order valence-electron chi connectivity index (χ4n) is 3.45. The first-order valence-corrected chi connectivity index (χ1v) is 7.90. The Labute approximate surface area is 129 Å². The lowest BCUT2D eigenvalue weighted by atomic mass is 10.2. The van der Waals surface area contributed by atoms with Crippen LogP contribution in [0.4, 0.5) is 0 Å². The second-order valence-electron chi connectivity index (χ2n) is 5.94. The van der Waals surface area contributed by atoms with E-state index in [1.807, 2.05) is 36.5 Å². The van der Waals surface area contributed by atoms with Gasteiger partial charge < -0.3 is 9.67 Å². The second-order valence-corrected chi connectivity index (χ2v) is 5.94. The van der Waals surface area contributed by atoms with E-state index in [2.05, 4.69) is 15.6 Å². The molecular formula is C18H19N3O. The van der Waals surface area contributed by atoms with Crippen LogP contribution in [0.15, 0.2) is 42.6 Å². The normalized spacial score (nSPS) is 15.7. The zero-order chi connectivity index (χ0) is 14.9. The van der Waals surface area contributed by atoms with Crippen molar-refractivity contribution in [1.82, 2.24) is 14.5 Å². The Morgan fingerprint density at radius 1 is 1.14 bits per heavy atom. The average molecular weight is 293 g/mol. The average Bonchev–Trinajstić information content (AvgIpc) is 3.21. The molecule has 0 radical (unpaired) electrons. The number of hydrogen-bond acceptors (Lipinski definition) is 3. The maximum Gasteiger partial charge on any atom is 0.160 e. The second kappa shape index (κ2) is 5.54. The van der Waals surface area contributed by atoms with Gasteiger partial charge in [0.2, 0.25) is 0 Å². The minimum absolute atomic E-state index is 0.0468. The Morgan fingerprint density at radius 2 is 2.00 bits per heavy atom. The highest BCUT2D eigenvalue weighted by molar-refractivity contribution is 5.81. The number of aliphatic hydroxyl groups is 1. The van der Waals surface area contributed by atoms with Gasteiger partial charge in [-0.3, -0.25) is 4.98 Å². The molecule has 2 heterocycles. The van der Waals surface area contributed by atoms with E-state index in [4.69, 9.17) is 4.98 Å². The van der Waals surface area contributed by atoms with Crippen molar-refractivity contribution in [3.8, 4) is 11.5 Å². The molecule has 112 valence electrons. The highest BCUT2D eigenvalue weighted by Crippen LogP contribution is 2.36. The first-order chi connectivity index (χ1) is 10.9. The fourth-order valence-corrected chi connectivity index (χ4v) is 3.45. The lowest BCUT2D eigenvalue weighted by Crippen LogP contribution is -2.07.